The molecule has 0 aliphatic heterocycles. The first-order valence-corrected chi connectivity index (χ1v) is 6.21. The van der Waals surface area contributed by atoms with Crippen LogP contribution in [0, 0.1) is 0 Å². The van der Waals surface area contributed by atoms with E-state index in [-0.39, 0.29) is 0 Å². The fourth-order valence-electron chi connectivity index (χ4n) is 1.48. The van der Waals surface area contributed by atoms with Gasteiger partial charge in [-0.25, -0.2) is 4.39 Å². The van der Waals surface area contributed by atoms with E-state index >= 15 is 0 Å². The van der Waals surface area contributed by atoms with Gasteiger partial charge in [-0.1, -0.05) is 0 Å². The Morgan fingerprint density at radius 2 is 0.724 bits per heavy atom. The van der Waals surface area contributed by atoms with Gasteiger partial charge in [-0.15, -0.1) is 0 Å². The molecule has 0 amide bonds. The Morgan fingerprint density at radius 3 is 0.966 bits per heavy atom. The van der Waals surface area contributed by atoms with Crippen molar-refractivity contribution in [2.75, 3.05) is 6.61 Å². The summed E-state index contributed by atoms with van der Waals surface area (Å²) in [6.07, 6.45) is -5.49. The fourth-order valence-corrected chi connectivity index (χ4v) is 1.48. The highest BCUT2D eigenvalue weighted by Gasteiger charge is 2.95. The molecule has 0 heterocycles. The summed E-state index contributed by atoms with van der Waals surface area (Å²) in [6.45, 7) is -3.48. The minimum absolute atomic E-state index is 3.48. The molecular formula is C10H5F17O2. The zero-order valence-corrected chi connectivity index (χ0v) is 12.6. The van der Waals surface area contributed by atoms with Crippen molar-refractivity contribution in [3.8, 4) is 0 Å². The van der Waals surface area contributed by atoms with Gasteiger partial charge in [-0.05, 0) is 0 Å². The molecule has 0 aromatic carbocycles. The molecule has 0 aliphatic rings. The fraction of sp³-hybridized carbons (Fsp3) is 1.00. The zero-order valence-electron chi connectivity index (χ0n) is 12.6. The molecule has 0 spiro atoms. The summed E-state index contributed by atoms with van der Waals surface area (Å²) in [5.74, 6) is -64.4. The summed E-state index contributed by atoms with van der Waals surface area (Å²) in [5, 5.41) is 15.4. The molecular weight excluding hydrogens is 475 g/mol. The Balaban J connectivity index is 6.76. The van der Waals surface area contributed by atoms with Gasteiger partial charge >= 0.3 is 47.4 Å². The molecule has 0 bridgehead atoms. The van der Waals surface area contributed by atoms with Gasteiger partial charge in [-0.2, -0.15) is 70.2 Å². The van der Waals surface area contributed by atoms with Crippen LogP contribution in [0.3, 0.4) is 0 Å². The van der Waals surface area contributed by atoms with Crippen molar-refractivity contribution in [1.82, 2.24) is 0 Å². The van der Waals surface area contributed by atoms with Gasteiger partial charge in [0.15, 0.2) is 0 Å². The highest BCUT2D eigenvalue weighted by Crippen LogP contribution is 2.64. The molecule has 0 rings (SSSR count). The topological polar surface area (TPSA) is 40.5 Å². The third-order valence-corrected chi connectivity index (χ3v) is 3.35. The van der Waals surface area contributed by atoms with Crippen LogP contribution in [0.2, 0.25) is 0 Å². The first-order chi connectivity index (χ1) is 12.3. The molecule has 0 fully saturated rings. The maximum absolute atomic E-state index is 13.1. The lowest BCUT2D eigenvalue weighted by Crippen LogP contribution is -2.75. The van der Waals surface area contributed by atoms with Crippen molar-refractivity contribution >= 4 is 0 Å². The Bertz CT molecular complexity index is 595. The van der Waals surface area contributed by atoms with Gasteiger partial charge in [0, 0.05) is 0 Å². The summed E-state index contributed by atoms with van der Waals surface area (Å²) >= 11 is 0. The van der Waals surface area contributed by atoms with Crippen LogP contribution < -0.4 is 0 Å². The molecule has 19 heteroatoms. The van der Waals surface area contributed by atoms with E-state index < -0.39 is 60.3 Å². The SMILES string of the molecule is OCC(F)(F)C(F)(F)C(F)(F)C(F)(F)C(F)(F)C(F)(F)C(F)(F)C(F)(F)C(O)F. The minimum atomic E-state index is -8.69. The molecule has 0 aromatic rings. The van der Waals surface area contributed by atoms with Crippen molar-refractivity contribution in [2.45, 2.75) is 53.7 Å². The molecule has 0 radical (unpaired) electrons. The minimum Gasteiger partial charge on any atom is -0.390 e. The second kappa shape index (κ2) is 6.88. The number of hydrogen-bond acceptors (Lipinski definition) is 2. The summed E-state index contributed by atoms with van der Waals surface area (Å²) in [7, 11) is 0. The molecule has 176 valence electrons. The number of aliphatic hydroxyl groups excluding tert-OH is 2. The lowest BCUT2D eigenvalue weighted by atomic mass is 9.87. The van der Waals surface area contributed by atoms with E-state index in [0.29, 0.717) is 0 Å². The van der Waals surface area contributed by atoms with Crippen LogP contribution in [0.1, 0.15) is 0 Å². The van der Waals surface area contributed by atoms with Crippen molar-refractivity contribution in [3.05, 3.63) is 0 Å². The van der Waals surface area contributed by atoms with E-state index in [0.717, 1.165) is 0 Å². The van der Waals surface area contributed by atoms with Crippen LogP contribution in [0.5, 0.6) is 0 Å². The molecule has 0 aliphatic carbocycles. The second-order valence-corrected chi connectivity index (χ2v) is 5.27. The van der Waals surface area contributed by atoms with Crippen LogP contribution in [-0.2, 0) is 0 Å². The largest absolute Gasteiger partial charge is 0.390 e. The smallest absolute Gasteiger partial charge is 0.385 e. The van der Waals surface area contributed by atoms with Gasteiger partial charge in [-0.3, -0.25) is 0 Å². The normalized spacial score (nSPS) is 17.5. The average molecular weight is 480 g/mol. The summed E-state index contributed by atoms with van der Waals surface area (Å²) < 4.78 is 219. The molecule has 0 saturated carbocycles. The Hall–Kier alpha value is -1.27. The third kappa shape index (κ3) is 3.27. The van der Waals surface area contributed by atoms with Crippen LogP contribution in [-0.4, -0.2) is 70.6 Å². The van der Waals surface area contributed by atoms with Crippen molar-refractivity contribution < 1.29 is 84.9 Å². The Labute approximate surface area is 146 Å². The van der Waals surface area contributed by atoms with E-state index in [2.05, 4.69) is 0 Å². The molecule has 1 atom stereocenters. The lowest BCUT2D eigenvalue weighted by Gasteiger charge is -2.43. The Morgan fingerprint density at radius 1 is 0.483 bits per heavy atom. The predicted octanol–water partition coefficient (Wildman–Crippen LogP) is 4.35. The molecule has 0 saturated heterocycles. The van der Waals surface area contributed by atoms with Crippen LogP contribution in [0.15, 0.2) is 0 Å². The van der Waals surface area contributed by atoms with Crippen LogP contribution >= 0.6 is 0 Å². The number of aliphatic hydroxyl groups is 2. The number of halogens is 17. The molecule has 2 N–H and O–H groups in total. The lowest BCUT2D eigenvalue weighted by molar-refractivity contribution is -0.459. The van der Waals surface area contributed by atoms with Gasteiger partial charge < -0.3 is 10.2 Å². The van der Waals surface area contributed by atoms with Crippen molar-refractivity contribution in [1.29, 1.82) is 0 Å². The van der Waals surface area contributed by atoms with Gasteiger partial charge in [0.05, 0.1) is 0 Å². The van der Waals surface area contributed by atoms with E-state index in [1.54, 1.807) is 0 Å². The summed E-state index contributed by atoms with van der Waals surface area (Å²) in [6, 6.07) is 0. The number of alkyl halides is 17. The summed E-state index contributed by atoms with van der Waals surface area (Å²) in [4.78, 5) is 0. The molecule has 29 heavy (non-hydrogen) atoms. The third-order valence-electron chi connectivity index (χ3n) is 3.35. The van der Waals surface area contributed by atoms with E-state index in [1.807, 2.05) is 0 Å². The molecule has 0 aromatic heterocycles. The first kappa shape index (κ1) is 27.7. The van der Waals surface area contributed by atoms with E-state index in [4.69, 9.17) is 10.2 Å². The number of rotatable bonds is 9. The van der Waals surface area contributed by atoms with Crippen LogP contribution in [0.25, 0.3) is 0 Å². The molecule has 2 nitrogen and oxygen atoms in total. The van der Waals surface area contributed by atoms with E-state index in [1.165, 1.54) is 0 Å². The quantitative estimate of drug-likeness (QED) is 0.483. The van der Waals surface area contributed by atoms with Gasteiger partial charge in [0.1, 0.15) is 6.61 Å². The van der Waals surface area contributed by atoms with Crippen molar-refractivity contribution in [3.63, 3.8) is 0 Å². The Kier molecular flexibility index (Phi) is 6.58. The standard InChI is InChI=1S/C10H5F17O2/c11-2(29)4(14,15)6(18,19)8(22,23)10(26,27)9(24,25)7(20,21)5(16,17)3(12,13)1-28/h2,28-29H,1H2. The first-order valence-electron chi connectivity index (χ1n) is 6.21. The van der Waals surface area contributed by atoms with Crippen molar-refractivity contribution in [2.24, 2.45) is 0 Å². The zero-order chi connectivity index (χ0) is 24.3. The number of hydrogen-bond donors (Lipinski definition) is 2. The maximum Gasteiger partial charge on any atom is 0.385 e. The summed E-state index contributed by atoms with van der Waals surface area (Å²) in [5.41, 5.74) is 0. The van der Waals surface area contributed by atoms with Crippen LogP contribution in [0.4, 0.5) is 74.6 Å². The monoisotopic (exact) mass is 480 g/mol. The highest BCUT2D eigenvalue weighted by molar-refractivity contribution is 5.16. The average Bonchev–Trinajstić information content (AvgIpc) is 2.53. The molecule has 1 unspecified atom stereocenters. The van der Waals surface area contributed by atoms with Gasteiger partial charge in [0.2, 0.25) is 0 Å². The highest BCUT2D eigenvalue weighted by atomic mass is 19.4. The van der Waals surface area contributed by atoms with E-state index in [9.17, 15) is 74.6 Å². The maximum atomic E-state index is 13.1. The van der Waals surface area contributed by atoms with Gasteiger partial charge in [0.25, 0.3) is 6.36 Å². The second-order valence-electron chi connectivity index (χ2n) is 5.27. The predicted molar refractivity (Wildman–Crippen MR) is 53.8 cm³/mol.